The number of ether oxygens (including phenoxy) is 1. The largest absolute Gasteiger partial charge is 0.376 e. The van der Waals surface area contributed by atoms with E-state index in [0.29, 0.717) is 6.54 Å². The van der Waals surface area contributed by atoms with Crippen molar-refractivity contribution in [3.8, 4) is 0 Å². The smallest absolute Gasteiger partial charge is 0.288 e. The van der Waals surface area contributed by atoms with Crippen LogP contribution in [0.4, 0.5) is 0 Å². The van der Waals surface area contributed by atoms with E-state index in [9.17, 15) is 4.79 Å². The predicted molar refractivity (Wildman–Crippen MR) is 47.7 cm³/mol. The highest BCUT2D eigenvalue weighted by Crippen LogP contribution is 2.10. The molecule has 2 rings (SSSR count). The topological polar surface area (TPSA) is 79.9 Å². The van der Waals surface area contributed by atoms with Gasteiger partial charge in [-0.2, -0.15) is 5.10 Å². The summed E-state index contributed by atoms with van der Waals surface area (Å²) in [6, 6.07) is 0. The molecule has 76 valence electrons. The number of H-pyrrole nitrogens is 1. The van der Waals surface area contributed by atoms with Crippen LogP contribution in [0, 0.1) is 0 Å². The normalized spacial score (nSPS) is 21.0. The first kappa shape index (κ1) is 9.14. The Morgan fingerprint density at radius 3 is 3.36 bits per heavy atom. The summed E-state index contributed by atoms with van der Waals surface area (Å²) in [5.41, 5.74) is 0. The van der Waals surface area contributed by atoms with Gasteiger partial charge in [0.25, 0.3) is 5.91 Å². The second kappa shape index (κ2) is 4.19. The number of hydrogen-bond acceptors (Lipinski definition) is 4. The van der Waals surface area contributed by atoms with E-state index in [1.165, 1.54) is 6.33 Å². The van der Waals surface area contributed by atoms with Gasteiger partial charge in [0.15, 0.2) is 0 Å². The van der Waals surface area contributed by atoms with Crippen molar-refractivity contribution in [1.82, 2.24) is 20.5 Å². The molecule has 1 aromatic rings. The third-order valence-corrected chi connectivity index (χ3v) is 2.14. The maximum atomic E-state index is 11.4. The summed E-state index contributed by atoms with van der Waals surface area (Å²) in [5.74, 6) is 0.000923. The maximum Gasteiger partial charge on any atom is 0.288 e. The van der Waals surface area contributed by atoms with E-state index in [-0.39, 0.29) is 17.8 Å². The molecular weight excluding hydrogens is 184 g/mol. The van der Waals surface area contributed by atoms with E-state index in [1.807, 2.05) is 0 Å². The lowest BCUT2D eigenvalue weighted by Crippen LogP contribution is -2.32. The molecule has 0 spiro atoms. The van der Waals surface area contributed by atoms with Crippen LogP contribution < -0.4 is 5.32 Å². The fourth-order valence-corrected chi connectivity index (χ4v) is 1.41. The molecule has 0 radical (unpaired) electrons. The molecule has 0 bridgehead atoms. The van der Waals surface area contributed by atoms with Gasteiger partial charge in [-0.15, -0.1) is 0 Å². The maximum absolute atomic E-state index is 11.4. The summed E-state index contributed by atoms with van der Waals surface area (Å²) in [7, 11) is 0. The number of amides is 1. The molecule has 1 saturated heterocycles. The number of rotatable bonds is 3. The minimum atomic E-state index is -0.238. The summed E-state index contributed by atoms with van der Waals surface area (Å²) >= 11 is 0. The highest BCUT2D eigenvalue weighted by molar-refractivity contribution is 5.90. The van der Waals surface area contributed by atoms with Crippen molar-refractivity contribution in [1.29, 1.82) is 0 Å². The molecule has 0 aromatic carbocycles. The molecule has 1 amide bonds. The first-order valence-electron chi connectivity index (χ1n) is 4.61. The summed E-state index contributed by atoms with van der Waals surface area (Å²) in [6.07, 6.45) is 3.54. The average molecular weight is 196 g/mol. The summed E-state index contributed by atoms with van der Waals surface area (Å²) in [4.78, 5) is 15.1. The minimum Gasteiger partial charge on any atom is -0.376 e. The highest BCUT2D eigenvalue weighted by Gasteiger charge is 2.17. The van der Waals surface area contributed by atoms with Gasteiger partial charge in [-0.05, 0) is 12.8 Å². The van der Waals surface area contributed by atoms with Crippen LogP contribution in [0.1, 0.15) is 23.5 Å². The quantitative estimate of drug-likeness (QED) is 0.696. The van der Waals surface area contributed by atoms with Crippen molar-refractivity contribution in [3.63, 3.8) is 0 Å². The average Bonchev–Trinajstić information content (AvgIpc) is 2.87. The first-order valence-corrected chi connectivity index (χ1v) is 4.61. The van der Waals surface area contributed by atoms with Crippen LogP contribution in [0.2, 0.25) is 0 Å². The van der Waals surface area contributed by atoms with Crippen LogP contribution in [0.3, 0.4) is 0 Å². The lowest BCUT2D eigenvalue weighted by Gasteiger charge is -2.09. The van der Waals surface area contributed by atoms with Gasteiger partial charge in [-0.3, -0.25) is 9.89 Å². The zero-order valence-corrected chi connectivity index (χ0v) is 7.69. The molecule has 1 atom stereocenters. The Labute approximate surface area is 81.1 Å². The molecule has 1 aliphatic rings. The Kier molecular flexibility index (Phi) is 2.73. The molecule has 1 fully saturated rings. The molecule has 1 aromatic heterocycles. The SMILES string of the molecule is O=C(NCC1CCCO1)c1ncn[nH]1. The number of hydrogen-bond donors (Lipinski definition) is 2. The highest BCUT2D eigenvalue weighted by atomic mass is 16.5. The predicted octanol–water partition coefficient (Wildman–Crippen LogP) is -0.287. The Hall–Kier alpha value is -1.43. The minimum absolute atomic E-state index is 0.155. The number of nitrogens with one attached hydrogen (secondary N) is 2. The van der Waals surface area contributed by atoms with Crippen molar-refractivity contribution >= 4 is 5.91 Å². The Balaban J connectivity index is 1.78. The van der Waals surface area contributed by atoms with Gasteiger partial charge in [-0.25, -0.2) is 4.98 Å². The van der Waals surface area contributed by atoms with Gasteiger partial charge in [0.2, 0.25) is 5.82 Å². The molecule has 14 heavy (non-hydrogen) atoms. The Bertz CT molecular complexity index is 292. The fourth-order valence-electron chi connectivity index (χ4n) is 1.41. The second-order valence-corrected chi connectivity index (χ2v) is 3.18. The second-order valence-electron chi connectivity index (χ2n) is 3.18. The van der Waals surface area contributed by atoms with Crippen molar-refractivity contribution in [2.45, 2.75) is 18.9 Å². The van der Waals surface area contributed by atoms with Crippen molar-refractivity contribution < 1.29 is 9.53 Å². The van der Waals surface area contributed by atoms with E-state index in [1.54, 1.807) is 0 Å². The number of carbonyl (C=O) groups excluding carboxylic acids is 1. The van der Waals surface area contributed by atoms with E-state index >= 15 is 0 Å². The zero-order valence-electron chi connectivity index (χ0n) is 7.69. The van der Waals surface area contributed by atoms with Gasteiger partial charge in [0, 0.05) is 13.2 Å². The molecule has 6 nitrogen and oxygen atoms in total. The molecular formula is C8H12N4O2. The van der Waals surface area contributed by atoms with Crippen LogP contribution in [0.5, 0.6) is 0 Å². The number of nitrogens with zero attached hydrogens (tertiary/aromatic N) is 2. The fraction of sp³-hybridized carbons (Fsp3) is 0.625. The summed E-state index contributed by atoms with van der Waals surface area (Å²) in [6.45, 7) is 1.34. The molecule has 2 N–H and O–H groups in total. The molecule has 0 saturated carbocycles. The van der Waals surface area contributed by atoms with E-state index in [2.05, 4.69) is 20.5 Å². The number of aromatic nitrogens is 3. The van der Waals surface area contributed by atoms with Crippen molar-refractivity contribution in [3.05, 3.63) is 12.2 Å². The van der Waals surface area contributed by atoms with Crippen molar-refractivity contribution in [2.24, 2.45) is 0 Å². The first-order chi connectivity index (χ1) is 6.86. The number of aromatic amines is 1. The Morgan fingerprint density at radius 1 is 1.79 bits per heavy atom. The summed E-state index contributed by atoms with van der Waals surface area (Å²) in [5, 5.41) is 8.82. The van der Waals surface area contributed by atoms with E-state index in [0.717, 1.165) is 19.4 Å². The van der Waals surface area contributed by atoms with Crippen LogP contribution in [0.15, 0.2) is 6.33 Å². The monoisotopic (exact) mass is 196 g/mol. The van der Waals surface area contributed by atoms with Gasteiger partial charge < -0.3 is 10.1 Å². The molecule has 1 unspecified atom stereocenters. The summed E-state index contributed by atoms with van der Waals surface area (Å²) < 4.78 is 5.36. The molecule has 2 heterocycles. The van der Waals surface area contributed by atoms with Crippen LogP contribution in [-0.2, 0) is 4.74 Å². The zero-order chi connectivity index (χ0) is 9.80. The molecule has 1 aliphatic heterocycles. The van der Waals surface area contributed by atoms with E-state index < -0.39 is 0 Å². The number of carbonyl (C=O) groups is 1. The van der Waals surface area contributed by atoms with Crippen LogP contribution in [0.25, 0.3) is 0 Å². The van der Waals surface area contributed by atoms with Gasteiger partial charge in [0.05, 0.1) is 6.10 Å². The van der Waals surface area contributed by atoms with E-state index in [4.69, 9.17) is 4.74 Å². The third kappa shape index (κ3) is 2.08. The lowest BCUT2D eigenvalue weighted by atomic mass is 10.2. The van der Waals surface area contributed by atoms with Gasteiger partial charge >= 0.3 is 0 Å². The standard InChI is InChI=1S/C8H12N4O2/c13-8(7-10-5-11-12-7)9-4-6-2-1-3-14-6/h5-6H,1-4H2,(H,9,13)(H,10,11,12). The third-order valence-electron chi connectivity index (χ3n) is 2.14. The van der Waals surface area contributed by atoms with Crippen LogP contribution in [-0.4, -0.2) is 40.3 Å². The van der Waals surface area contributed by atoms with Crippen LogP contribution >= 0.6 is 0 Å². The molecule has 0 aliphatic carbocycles. The Morgan fingerprint density at radius 2 is 2.71 bits per heavy atom. The van der Waals surface area contributed by atoms with Gasteiger partial charge in [0.1, 0.15) is 6.33 Å². The molecule has 6 heteroatoms. The lowest BCUT2D eigenvalue weighted by molar-refractivity contribution is 0.0849. The van der Waals surface area contributed by atoms with Crippen molar-refractivity contribution in [2.75, 3.05) is 13.2 Å². The van der Waals surface area contributed by atoms with Gasteiger partial charge in [-0.1, -0.05) is 0 Å².